The van der Waals surface area contributed by atoms with E-state index in [1.54, 1.807) is 20.8 Å². The molecule has 1 aromatic rings. The number of carbonyl (C=O) groups excluding carboxylic acids is 6. The number of thiazole rings is 1. The van der Waals surface area contributed by atoms with Crippen LogP contribution in [0.3, 0.4) is 0 Å². The van der Waals surface area contributed by atoms with Gasteiger partial charge in [0.1, 0.15) is 41.6 Å². The second-order valence-corrected chi connectivity index (χ2v) is 14.3. The lowest BCUT2D eigenvalue weighted by atomic mass is 9.93. The first-order valence-electron chi connectivity index (χ1n) is 14.1. The lowest BCUT2D eigenvalue weighted by Gasteiger charge is -2.48. The Morgan fingerprint density at radius 1 is 1.13 bits per heavy atom. The summed E-state index contributed by atoms with van der Waals surface area (Å²) < 4.78 is 15.2. The zero-order chi connectivity index (χ0) is 34.4. The van der Waals surface area contributed by atoms with Crippen LogP contribution in [0.2, 0.25) is 0 Å². The van der Waals surface area contributed by atoms with Crippen LogP contribution in [0.1, 0.15) is 60.6 Å². The van der Waals surface area contributed by atoms with Gasteiger partial charge in [0.2, 0.25) is 12.7 Å². The number of amides is 4. The molecule has 252 valence electrons. The van der Waals surface area contributed by atoms with Crippen LogP contribution in [0.4, 0.5) is 9.93 Å². The summed E-state index contributed by atoms with van der Waals surface area (Å²) in [5, 5.41) is 12.3. The minimum Gasteiger partial charge on any atom is -0.444 e. The summed E-state index contributed by atoms with van der Waals surface area (Å²) in [6.45, 7) is 11.5. The van der Waals surface area contributed by atoms with Crippen molar-refractivity contribution in [2.24, 2.45) is 10.6 Å². The maximum absolute atomic E-state index is 13.2. The van der Waals surface area contributed by atoms with Gasteiger partial charge in [0.05, 0.1) is 6.42 Å². The van der Waals surface area contributed by atoms with Crippen LogP contribution in [0.5, 0.6) is 0 Å². The molecule has 0 aliphatic carbocycles. The number of nitrogens with one attached hydrogen (secondary N) is 3. The zero-order valence-corrected chi connectivity index (χ0v) is 28.4. The van der Waals surface area contributed by atoms with Crippen molar-refractivity contribution in [3.63, 3.8) is 0 Å². The highest BCUT2D eigenvalue weighted by molar-refractivity contribution is 8.00. The molecule has 1 aromatic heterocycles. The predicted octanol–water partition coefficient (Wildman–Crippen LogP) is 2.11. The van der Waals surface area contributed by atoms with Crippen LogP contribution in [0.15, 0.2) is 22.3 Å². The van der Waals surface area contributed by atoms with Crippen molar-refractivity contribution in [1.82, 2.24) is 20.5 Å². The zero-order valence-electron chi connectivity index (χ0n) is 26.7. The molecule has 1 fully saturated rings. The molecule has 18 heteroatoms. The number of nitrogens with zero attached hydrogens (tertiary/aromatic N) is 3. The van der Waals surface area contributed by atoms with Gasteiger partial charge in [-0.2, -0.15) is 0 Å². The Kier molecular flexibility index (Phi) is 11.8. The van der Waals surface area contributed by atoms with E-state index in [1.807, 2.05) is 20.8 Å². The van der Waals surface area contributed by atoms with Crippen LogP contribution in [-0.4, -0.2) is 94.1 Å². The fourth-order valence-corrected chi connectivity index (χ4v) is 5.84. The Hall–Kier alpha value is -4.19. The first kappa shape index (κ1) is 36.3. The quantitative estimate of drug-likeness (QED) is 0.101. The summed E-state index contributed by atoms with van der Waals surface area (Å²) in [6, 6.07) is -1.96. The van der Waals surface area contributed by atoms with Crippen LogP contribution < -0.4 is 16.0 Å². The van der Waals surface area contributed by atoms with Crippen molar-refractivity contribution in [3.05, 3.63) is 22.8 Å². The third kappa shape index (κ3) is 9.90. The minimum atomic E-state index is -1.00. The van der Waals surface area contributed by atoms with Gasteiger partial charge in [-0.15, -0.1) is 23.1 Å². The normalized spacial score (nSPS) is 18.6. The second kappa shape index (κ2) is 14.9. The summed E-state index contributed by atoms with van der Waals surface area (Å²) in [5.41, 5.74) is -1.27. The number of aromatic nitrogens is 1. The van der Waals surface area contributed by atoms with E-state index in [0.717, 1.165) is 11.3 Å². The highest BCUT2D eigenvalue weighted by atomic mass is 32.2. The maximum atomic E-state index is 13.2. The Morgan fingerprint density at radius 2 is 1.83 bits per heavy atom. The molecule has 0 radical (unpaired) electrons. The van der Waals surface area contributed by atoms with Gasteiger partial charge in [-0.25, -0.2) is 14.6 Å². The third-order valence-electron chi connectivity index (χ3n) is 5.93. The topological polar surface area (TPSA) is 204 Å². The molecule has 2 aliphatic rings. The van der Waals surface area contributed by atoms with Crippen molar-refractivity contribution in [2.75, 3.05) is 25.0 Å². The lowest BCUT2D eigenvalue weighted by Crippen LogP contribution is -2.70. The fraction of sp³-hybridized carbons (Fsp3) is 0.571. The van der Waals surface area contributed by atoms with Gasteiger partial charge in [-0.1, -0.05) is 25.9 Å². The van der Waals surface area contributed by atoms with E-state index < -0.39 is 65.6 Å². The third-order valence-corrected chi connectivity index (χ3v) is 7.87. The highest BCUT2D eigenvalue weighted by Gasteiger charge is 2.53. The molecule has 0 bridgehead atoms. The van der Waals surface area contributed by atoms with Crippen LogP contribution in [0.25, 0.3) is 0 Å². The molecule has 4 amide bonds. The van der Waals surface area contributed by atoms with E-state index in [-0.39, 0.29) is 34.1 Å². The smallest absolute Gasteiger partial charge is 0.408 e. The highest BCUT2D eigenvalue weighted by Crippen LogP contribution is 2.38. The van der Waals surface area contributed by atoms with Gasteiger partial charge in [0.15, 0.2) is 10.8 Å². The SMILES string of the molecule is CO/N=C(\C(=O)N[C@@H]1C(=O)N2C(C(=O)OCOC(=O)CC(C)(C)C)=CCS[C@H]12)c1csc(NC(=O)[C@H](C)NC(=O)OC(C)(C)C)n1. The molecule has 0 aromatic carbocycles. The summed E-state index contributed by atoms with van der Waals surface area (Å²) in [7, 11) is 1.22. The van der Waals surface area contributed by atoms with E-state index in [4.69, 9.17) is 19.0 Å². The molecule has 0 unspecified atom stereocenters. The van der Waals surface area contributed by atoms with E-state index in [1.165, 1.54) is 42.2 Å². The molecule has 3 rings (SSSR count). The number of rotatable bonds is 11. The fourth-order valence-electron chi connectivity index (χ4n) is 3.94. The molecule has 3 N–H and O–H groups in total. The van der Waals surface area contributed by atoms with E-state index in [9.17, 15) is 28.8 Å². The molecule has 2 aliphatic heterocycles. The van der Waals surface area contributed by atoms with Crippen LogP contribution in [-0.2, 0) is 43.0 Å². The number of β-lactam (4-membered cyclic amide) rings is 1. The summed E-state index contributed by atoms with van der Waals surface area (Å²) >= 11 is 2.31. The Morgan fingerprint density at radius 3 is 2.46 bits per heavy atom. The van der Waals surface area contributed by atoms with Gasteiger partial charge >= 0.3 is 18.0 Å². The molecule has 0 saturated carbocycles. The first-order valence-corrected chi connectivity index (χ1v) is 16.0. The van der Waals surface area contributed by atoms with Gasteiger partial charge in [-0.05, 0) is 39.2 Å². The number of fused-ring (bicyclic) bond motifs is 1. The van der Waals surface area contributed by atoms with E-state index >= 15 is 0 Å². The summed E-state index contributed by atoms with van der Waals surface area (Å²) in [5.74, 6) is -2.95. The Labute approximate surface area is 274 Å². The number of anilines is 1. The first-order chi connectivity index (χ1) is 21.4. The summed E-state index contributed by atoms with van der Waals surface area (Å²) in [6.07, 6.45) is 0.886. The average Bonchev–Trinajstić information content (AvgIpc) is 3.39. The van der Waals surface area contributed by atoms with E-state index in [2.05, 4.69) is 26.1 Å². The molecule has 16 nitrogen and oxygen atoms in total. The summed E-state index contributed by atoms with van der Waals surface area (Å²) in [4.78, 5) is 85.6. The van der Waals surface area contributed by atoms with Crippen molar-refractivity contribution >= 4 is 69.7 Å². The maximum Gasteiger partial charge on any atom is 0.408 e. The van der Waals surface area contributed by atoms with Crippen molar-refractivity contribution in [1.29, 1.82) is 0 Å². The van der Waals surface area contributed by atoms with Gasteiger partial charge in [0.25, 0.3) is 11.8 Å². The number of carbonyl (C=O) groups is 6. The molecule has 3 atom stereocenters. The average molecular weight is 683 g/mol. The van der Waals surface area contributed by atoms with Gasteiger partial charge in [-0.3, -0.25) is 24.1 Å². The van der Waals surface area contributed by atoms with Crippen molar-refractivity contribution < 1.29 is 47.8 Å². The minimum absolute atomic E-state index is 0.0211. The number of hydrogen-bond donors (Lipinski definition) is 3. The van der Waals surface area contributed by atoms with Gasteiger partial charge in [0, 0.05) is 11.1 Å². The molecule has 0 spiro atoms. The van der Waals surface area contributed by atoms with Crippen molar-refractivity contribution in [3.8, 4) is 0 Å². The predicted molar refractivity (Wildman–Crippen MR) is 167 cm³/mol. The van der Waals surface area contributed by atoms with E-state index in [0.29, 0.717) is 5.75 Å². The van der Waals surface area contributed by atoms with Gasteiger partial charge < -0.3 is 35.0 Å². The molecular formula is C28H38N6O10S2. The number of esters is 2. The number of thioether (sulfide) groups is 1. The van der Waals surface area contributed by atoms with Crippen molar-refractivity contribution in [2.45, 2.75) is 77.9 Å². The Bertz CT molecular complexity index is 1430. The Balaban J connectivity index is 1.58. The van der Waals surface area contributed by atoms with Crippen LogP contribution >= 0.6 is 23.1 Å². The standard InChI is InChI=1S/C28H38N6O10S2/c1-14(29-26(40)44-28(5,6)7)20(36)32-25-30-15(12-46-25)18(33-41-8)21(37)31-19-22(38)34-16(9-10-45-23(19)34)24(39)43-13-42-17(35)11-27(2,3)4/h9,12,14,19,23H,10-11,13H2,1-8H3,(H,29,40)(H,31,37)(H,30,32,36)/b33-18-/t14-,19+,23+/m0/s1. The van der Waals surface area contributed by atoms with Crippen LogP contribution in [0, 0.1) is 5.41 Å². The number of alkyl carbamates (subject to hydrolysis) is 1. The molecule has 1 saturated heterocycles. The number of ether oxygens (including phenoxy) is 3. The monoisotopic (exact) mass is 682 g/mol. The largest absolute Gasteiger partial charge is 0.444 e. The number of hydrogen-bond acceptors (Lipinski definition) is 14. The molecular weight excluding hydrogens is 644 g/mol. The number of oxime groups is 1. The molecule has 46 heavy (non-hydrogen) atoms. The molecule has 3 heterocycles. The second-order valence-electron chi connectivity index (χ2n) is 12.3. The lowest BCUT2D eigenvalue weighted by molar-refractivity contribution is -0.169.